The summed E-state index contributed by atoms with van der Waals surface area (Å²) < 4.78 is 0. The van der Waals surface area contributed by atoms with Gasteiger partial charge in [-0.05, 0) is 37.2 Å². The number of nitrogens with zero attached hydrogens (tertiary/aromatic N) is 1. The van der Waals surface area contributed by atoms with Crippen LogP contribution in [0.1, 0.15) is 31.2 Å². The summed E-state index contributed by atoms with van der Waals surface area (Å²) in [5.41, 5.74) is 1.46. The van der Waals surface area contributed by atoms with Gasteiger partial charge in [0.1, 0.15) is 0 Å². The Morgan fingerprint density at radius 2 is 1.88 bits per heavy atom. The lowest BCUT2D eigenvalue weighted by atomic mass is 9.70. The van der Waals surface area contributed by atoms with Crippen LogP contribution in [-0.2, 0) is 6.54 Å². The lowest BCUT2D eigenvalue weighted by Crippen LogP contribution is -2.59. The average Bonchev–Trinajstić information content (AvgIpc) is 2.41. The van der Waals surface area contributed by atoms with E-state index in [0.29, 0.717) is 6.61 Å². The zero-order valence-electron chi connectivity index (χ0n) is 10.3. The average molecular weight is 231 g/mol. The Balaban J connectivity index is 1.78. The molecule has 0 atom stereocenters. The van der Waals surface area contributed by atoms with Gasteiger partial charge >= 0.3 is 0 Å². The molecule has 2 nitrogen and oxygen atoms in total. The van der Waals surface area contributed by atoms with E-state index in [9.17, 15) is 5.11 Å². The maximum atomic E-state index is 9.77. The Labute approximate surface area is 103 Å². The lowest BCUT2D eigenvalue weighted by molar-refractivity contribution is -0.0708. The Bertz CT molecular complexity index is 368. The van der Waals surface area contributed by atoms with Crippen LogP contribution >= 0.6 is 0 Å². The molecule has 1 aromatic carbocycles. The Kier molecular flexibility index (Phi) is 2.93. The van der Waals surface area contributed by atoms with Crippen LogP contribution in [0.5, 0.6) is 0 Å². The molecule has 4 rings (SSSR count). The Morgan fingerprint density at radius 1 is 1.18 bits per heavy atom. The van der Waals surface area contributed by atoms with Gasteiger partial charge in [-0.25, -0.2) is 0 Å². The molecule has 1 saturated carbocycles. The van der Waals surface area contributed by atoms with Gasteiger partial charge in [-0.1, -0.05) is 30.3 Å². The Hall–Kier alpha value is -0.860. The zero-order chi connectivity index (χ0) is 11.7. The van der Waals surface area contributed by atoms with Crippen molar-refractivity contribution in [1.82, 2.24) is 4.90 Å². The van der Waals surface area contributed by atoms with E-state index in [1.54, 1.807) is 0 Å². The fourth-order valence-corrected chi connectivity index (χ4v) is 3.51. The molecule has 2 bridgehead atoms. The van der Waals surface area contributed by atoms with E-state index in [0.717, 1.165) is 12.5 Å². The molecule has 2 heterocycles. The first kappa shape index (κ1) is 11.2. The van der Waals surface area contributed by atoms with Crippen LogP contribution in [-0.4, -0.2) is 28.7 Å². The monoisotopic (exact) mass is 231 g/mol. The van der Waals surface area contributed by atoms with Crippen molar-refractivity contribution in [3.8, 4) is 0 Å². The number of piperidine rings is 2. The summed E-state index contributed by atoms with van der Waals surface area (Å²) in [5.74, 6) is 0.868. The molecule has 17 heavy (non-hydrogen) atoms. The minimum atomic E-state index is 0.0879. The van der Waals surface area contributed by atoms with E-state index >= 15 is 0 Å². The third-order valence-corrected chi connectivity index (χ3v) is 4.70. The maximum Gasteiger partial charge on any atom is 0.0615 e. The van der Waals surface area contributed by atoms with E-state index in [2.05, 4.69) is 35.2 Å². The molecule has 3 fully saturated rings. The molecule has 1 N–H and O–H groups in total. The summed E-state index contributed by atoms with van der Waals surface area (Å²) in [6.07, 6.45) is 4.99. The Morgan fingerprint density at radius 3 is 2.53 bits per heavy atom. The van der Waals surface area contributed by atoms with Crippen LogP contribution in [0.4, 0.5) is 0 Å². The summed E-state index contributed by atoms with van der Waals surface area (Å²) in [4.78, 5) is 2.53. The van der Waals surface area contributed by atoms with Crippen molar-refractivity contribution in [3.05, 3.63) is 35.9 Å². The van der Waals surface area contributed by atoms with Crippen LogP contribution in [0.2, 0.25) is 0 Å². The van der Waals surface area contributed by atoms with Gasteiger partial charge in [0, 0.05) is 18.6 Å². The summed E-state index contributed by atoms with van der Waals surface area (Å²) in [6, 6.07) is 10.6. The molecule has 2 aliphatic heterocycles. The van der Waals surface area contributed by atoms with Crippen LogP contribution < -0.4 is 0 Å². The second-order valence-electron chi connectivity index (χ2n) is 5.69. The number of hydrogen-bond acceptors (Lipinski definition) is 2. The third kappa shape index (κ3) is 2.00. The summed E-state index contributed by atoms with van der Waals surface area (Å²) in [6.45, 7) is 2.50. The van der Waals surface area contributed by atoms with Crippen molar-refractivity contribution >= 4 is 0 Å². The fourth-order valence-electron chi connectivity index (χ4n) is 3.51. The number of rotatable bonds is 3. The highest BCUT2D eigenvalue weighted by Gasteiger charge is 2.45. The molecule has 0 amide bonds. The zero-order valence-corrected chi connectivity index (χ0v) is 10.3. The second kappa shape index (κ2) is 4.43. The smallest absolute Gasteiger partial charge is 0.0615 e. The summed E-state index contributed by atoms with van der Waals surface area (Å²) >= 11 is 0. The highest BCUT2D eigenvalue weighted by atomic mass is 16.3. The molecule has 92 valence electrons. The van der Waals surface area contributed by atoms with E-state index in [4.69, 9.17) is 0 Å². The molecule has 2 saturated heterocycles. The molecule has 0 unspecified atom stereocenters. The van der Waals surface area contributed by atoms with Crippen molar-refractivity contribution in [2.24, 2.45) is 5.92 Å². The highest BCUT2D eigenvalue weighted by molar-refractivity contribution is 5.16. The second-order valence-corrected chi connectivity index (χ2v) is 5.69. The number of aliphatic hydroxyl groups excluding tert-OH is 1. The van der Waals surface area contributed by atoms with Crippen molar-refractivity contribution < 1.29 is 5.11 Å². The first-order valence-electron chi connectivity index (χ1n) is 6.72. The van der Waals surface area contributed by atoms with Crippen LogP contribution in [0.3, 0.4) is 0 Å². The van der Waals surface area contributed by atoms with E-state index in [1.165, 1.54) is 37.8 Å². The first-order chi connectivity index (χ1) is 8.32. The van der Waals surface area contributed by atoms with Crippen molar-refractivity contribution in [2.75, 3.05) is 13.2 Å². The molecule has 2 heteroatoms. The van der Waals surface area contributed by atoms with Crippen LogP contribution in [0.25, 0.3) is 0 Å². The standard InChI is InChI=1S/C15H21NO/c17-12-15-8-6-14(7-9-15)11-16(15)10-13-4-2-1-3-5-13/h1-5,14,17H,6-12H2. The lowest BCUT2D eigenvalue weighted by Gasteiger charge is -2.54. The number of aliphatic hydroxyl groups is 1. The minimum absolute atomic E-state index is 0.0879. The van der Waals surface area contributed by atoms with Gasteiger partial charge < -0.3 is 5.11 Å². The molecular weight excluding hydrogens is 210 g/mol. The van der Waals surface area contributed by atoms with Gasteiger partial charge in [0.15, 0.2) is 0 Å². The van der Waals surface area contributed by atoms with Gasteiger partial charge in [-0.2, -0.15) is 0 Å². The first-order valence-corrected chi connectivity index (χ1v) is 6.72. The molecule has 1 aromatic rings. The third-order valence-electron chi connectivity index (χ3n) is 4.70. The predicted molar refractivity (Wildman–Crippen MR) is 68.6 cm³/mol. The van der Waals surface area contributed by atoms with Gasteiger partial charge in [0.25, 0.3) is 0 Å². The normalized spacial score (nSPS) is 32.9. The van der Waals surface area contributed by atoms with E-state index < -0.39 is 0 Å². The maximum absolute atomic E-state index is 9.77. The largest absolute Gasteiger partial charge is 0.394 e. The minimum Gasteiger partial charge on any atom is -0.394 e. The fraction of sp³-hybridized carbons (Fsp3) is 0.600. The molecule has 0 spiro atoms. The van der Waals surface area contributed by atoms with Crippen LogP contribution in [0, 0.1) is 5.92 Å². The van der Waals surface area contributed by atoms with E-state index in [-0.39, 0.29) is 5.54 Å². The van der Waals surface area contributed by atoms with E-state index in [1.807, 2.05) is 0 Å². The summed E-state index contributed by atoms with van der Waals surface area (Å²) in [7, 11) is 0. The SMILES string of the molecule is OCC12CCC(CC1)CN2Cc1ccccc1. The van der Waals surface area contributed by atoms with Gasteiger partial charge in [0.2, 0.25) is 0 Å². The molecular formula is C15H21NO. The molecule has 1 aliphatic carbocycles. The quantitative estimate of drug-likeness (QED) is 0.863. The van der Waals surface area contributed by atoms with Crippen molar-refractivity contribution in [3.63, 3.8) is 0 Å². The van der Waals surface area contributed by atoms with Crippen molar-refractivity contribution in [2.45, 2.75) is 37.8 Å². The topological polar surface area (TPSA) is 23.5 Å². The molecule has 0 aromatic heterocycles. The summed E-state index contributed by atoms with van der Waals surface area (Å²) in [5, 5.41) is 9.77. The van der Waals surface area contributed by atoms with Gasteiger partial charge in [-0.15, -0.1) is 0 Å². The van der Waals surface area contributed by atoms with Gasteiger partial charge in [-0.3, -0.25) is 4.90 Å². The van der Waals surface area contributed by atoms with Gasteiger partial charge in [0.05, 0.1) is 6.61 Å². The molecule has 0 radical (unpaired) electrons. The number of fused-ring (bicyclic) bond motifs is 3. The number of hydrogen-bond donors (Lipinski definition) is 1. The molecule has 3 aliphatic rings. The van der Waals surface area contributed by atoms with Crippen LogP contribution in [0.15, 0.2) is 30.3 Å². The predicted octanol–water partition coefficient (Wildman–Crippen LogP) is 2.42. The highest BCUT2D eigenvalue weighted by Crippen LogP contribution is 2.43. The van der Waals surface area contributed by atoms with Crippen molar-refractivity contribution in [1.29, 1.82) is 0 Å². The number of benzene rings is 1.